The summed E-state index contributed by atoms with van der Waals surface area (Å²) < 4.78 is 4.05. The van der Waals surface area contributed by atoms with E-state index >= 15 is 0 Å². The van der Waals surface area contributed by atoms with E-state index in [9.17, 15) is 0 Å². The number of pyridine rings is 1. The average Bonchev–Trinajstić information content (AvgIpc) is 3.21. The number of aryl methyl sites for hydroxylation is 1. The van der Waals surface area contributed by atoms with Crippen LogP contribution in [0.25, 0.3) is 0 Å². The molecule has 0 aromatic carbocycles. The minimum absolute atomic E-state index is 0.768. The molecule has 0 saturated carbocycles. The van der Waals surface area contributed by atoms with Crippen LogP contribution in [0.3, 0.4) is 0 Å². The van der Waals surface area contributed by atoms with Crippen molar-refractivity contribution >= 4 is 5.69 Å². The zero-order valence-corrected chi connectivity index (χ0v) is 11.8. The van der Waals surface area contributed by atoms with Crippen LogP contribution in [0.5, 0.6) is 0 Å². The van der Waals surface area contributed by atoms with E-state index < -0.39 is 0 Å². The summed E-state index contributed by atoms with van der Waals surface area (Å²) in [5.74, 6) is 0. The Bertz CT molecular complexity index is 744. The molecule has 0 radical (unpaired) electrons. The quantitative estimate of drug-likeness (QED) is 0.731. The molecule has 1 aliphatic heterocycles. The molecule has 0 spiro atoms. The third-order valence-electron chi connectivity index (χ3n) is 3.95. The Labute approximate surface area is 122 Å². The van der Waals surface area contributed by atoms with Crippen LogP contribution in [0.15, 0.2) is 43.2 Å². The van der Waals surface area contributed by atoms with Crippen molar-refractivity contribution in [2.45, 2.75) is 19.6 Å². The molecule has 4 heterocycles. The van der Waals surface area contributed by atoms with Gasteiger partial charge in [-0.15, -0.1) is 0 Å². The van der Waals surface area contributed by atoms with E-state index in [-0.39, 0.29) is 0 Å². The lowest BCUT2D eigenvalue weighted by molar-refractivity contribution is 0.666. The maximum absolute atomic E-state index is 4.66. The predicted molar refractivity (Wildman–Crippen MR) is 78.7 cm³/mol. The third kappa shape index (κ3) is 2.08. The van der Waals surface area contributed by atoms with Crippen LogP contribution in [0.2, 0.25) is 0 Å². The van der Waals surface area contributed by atoms with Gasteiger partial charge < -0.3 is 9.47 Å². The van der Waals surface area contributed by atoms with E-state index in [4.69, 9.17) is 0 Å². The SMILES string of the molecule is Cn1nc(Cn2ccnc2)c2c1CN(c1cccnc1)C2. The van der Waals surface area contributed by atoms with E-state index in [2.05, 4.69) is 30.6 Å². The largest absolute Gasteiger partial charge is 0.360 e. The van der Waals surface area contributed by atoms with Gasteiger partial charge in [0.2, 0.25) is 0 Å². The number of imidazole rings is 1. The average molecular weight is 280 g/mol. The molecule has 3 aromatic heterocycles. The molecule has 0 fully saturated rings. The lowest BCUT2D eigenvalue weighted by Gasteiger charge is -2.17. The summed E-state index contributed by atoms with van der Waals surface area (Å²) in [6.45, 7) is 2.54. The van der Waals surface area contributed by atoms with Crippen LogP contribution < -0.4 is 4.90 Å². The van der Waals surface area contributed by atoms with Crippen molar-refractivity contribution in [2.24, 2.45) is 7.05 Å². The number of rotatable bonds is 3. The second kappa shape index (κ2) is 4.73. The van der Waals surface area contributed by atoms with Crippen molar-refractivity contribution in [1.82, 2.24) is 24.3 Å². The topological polar surface area (TPSA) is 51.8 Å². The molecule has 0 unspecified atom stereocenters. The third-order valence-corrected chi connectivity index (χ3v) is 3.95. The van der Waals surface area contributed by atoms with Crippen LogP contribution in [0.4, 0.5) is 5.69 Å². The molecule has 3 aromatic rings. The second-order valence-electron chi connectivity index (χ2n) is 5.30. The number of aromatic nitrogens is 5. The zero-order valence-electron chi connectivity index (χ0n) is 11.8. The monoisotopic (exact) mass is 280 g/mol. The van der Waals surface area contributed by atoms with Crippen molar-refractivity contribution in [2.75, 3.05) is 4.90 Å². The number of fused-ring (bicyclic) bond motifs is 1. The molecule has 6 nitrogen and oxygen atoms in total. The van der Waals surface area contributed by atoms with Gasteiger partial charge in [0, 0.05) is 37.7 Å². The molecule has 0 N–H and O–H groups in total. The van der Waals surface area contributed by atoms with Gasteiger partial charge in [-0.05, 0) is 12.1 Å². The molecule has 0 aliphatic carbocycles. The van der Waals surface area contributed by atoms with E-state index in [0.717, 1.165) is 31.0 Å². The fraction of sp³-hybridized carbons (Fsp3) is 0.267. The summed E-state index contributed by atoms with van der Waals surface area (Å²) in [5.41, 5.74) is 4.89. The molecular formula is C15H16N6. The first-order valence-corrected chi connectivity index (χ1v) is 6.95. The molecule has 1 aliphatic rings. The lowest BCUT2D eigenvalue weighted by atomic mass is 10.2. The van der Waals surface area contributed by atoms with Crippen LogP contribution in [0, 0.1) is 0 Å². The van der Waals surface area contributed by atoms with Gasteiger partial charge in [-0.3, -0.25) is 9.67 Å². The summed E-state index contributed by atoms with van der Waals surface area (Å²) in [6, 6.07) is 4.07. The molecule has 6 heteroatoms. The maximum Gasteiger partial charge on any atom is 0.0949 e. The lowest BCUT2D eigenvalue weighted by Crippen LogP contribution is -2.17. The Morgan fingerprint density at radius 2 is 2.14 bits per heavy atom. The van der Waals surface area contributed by atoms with Crippen molar-refractivity contribution in [1.29, 1.82) is 0 Å². The summed E-state index contributed by atoms with van der Waals surface area (Å²) in [5, 5.41) is 4.66. The minimum atomic E-state index is 0.768. The molecule has 4 rings (SSSR count). The van der Waals surface area contributed by atoms with Crippen molar-refractivity contribution in [3.05, 3.63) is 60.2 Å². The van der Waals surface area contributed by atoms with Crippen LogP contribution in [-0.4, -0.2) is 24.3 Å². The molecular weight excluding hydrogens is 264 g/mol. The smallest absolute Gasteiger partial charge is 0.0949 e. The minimum Gasteiger partial charge on any atom is -0.360 e. The summed E-state index contributed by atoms with van der Waals surface area (Å²) in [6.07, 6.45) is 9.31. The van der Waals surface area contributed by atoms with Gasteiger partial charge in [-0.25, -0.2) is 4.98 Å². The highest BCUT2D eigenvalue weighted by atomic mass is 15.3. The number of anilines is 1. The zero-order chi connectivity index (χ0) is 14.2. The number of hydrogen-bond donors (Lipinski definition) is 0. The normalized spacial score (nSPS) is 13.7. The van der Waals surface area contributed by atoms with Gasteiger partial charge >= 0.3 is 0 Å². The molecule has 0 amide bonds. The molecule has 0 atom stereocenters. The Balaban J connectivity index is 1.63. The Morgan fingerprint density at radius 3 is 2.90 bits per heavy atom. The van der Waals surface area contributed by atoms with E-state index in [1.165, 1.54) is 11.3 Å². The van der Waals surface area contributed by atoms with Crippen molar-refractivity contribution in [3.8, 4) is 0 Å². The maximum atomic E-state index is 4.66. The molecule has 106 valence electrons. The second-order valence-corrected chi connectivity index (χ2v) is 5.30. The van der Waals surface area contributed by atoms with Gasteiger partial charge in [0.1, 0.15) is 0 Å². The number of hydrogen-bond acceptors (Lipinski definition) is 4. The predicted octanol–water partition coefficient (Wildman–Crippen LogP) is 1.58. The summed E-state index contributed by atoms with van der Waals surface area (Å²) in [7, 11) is 2.02. The first kappa shape index (κ1) is 12.1. The first-order valence-electron chi connectivity index (χ1n) is 6.95. The highest BCUT2D eigenvalue weighted by Gasteiger charge is 2.26. The highest BCUT2D eigenvalue weighted by Crippen LogP contribution is 2.29. The van der Waals surface area contributed by atoms with Gasteiger partial charge in [0.25, 0.3) is 0 Å². The first-order chi connectivity index (χ1) is 10.3. The fourth-order valence-corrected chi connectivity index (χ4v) is 2.88. The van der Waals surface area contributed by atoms with Crippen LogP contribution in [-0.2, 0) is 26.7 Å². The van der Waals surface area contributed by atoms with Gasteiger partial charge in [0.15, 0.2) is 0 Å². The standard InChI is InChI=1S/C15H16N6/c1-19-15-10-21(12-3-2-4-16-7-12)8-13(15)14(18-19)9-20-6-5-17-11-20/h2-7,11H,8-10H2,1H3. The highest BCUT2D eigenvalue weighted by molar-refractivity contribution is 5.50. The Morgan fingerprint density at radius 1 is 1.19 bits per heavy atom. The van der Waals surface area contributed by atoms with E-state index in [1.54, 1.807) is 12.4 Å². The van der Waals surface area contributed by atoms with E-state index in [0.29, 0.717) is 0 Å². The van der Waals surface area contributed by atoms with E-state index in [1.807, 2.05) is 36.5 Å². The van der Waals surface area contributed by atoms with Crippen LogP contribution in [0.1, 0.15) is 17.0 Å². The van der Waals surface area contributed by atoms with Crippen LogP contribution >= 0.6 is 0 Å². The molecule has 0 saturated heterocycles. The Kier molecular flexibility index (Phi) is 2.73. The Hall–Kier alpha value is -2.63. The van der Waals surface area contributed by atoms with Gasteiger partial charge in [-0.2, -0.15) is 5.10 Å². The summed E-state index contributed by atoms with van der Waals surface area (Å²) in [4.78, 5) is 10.6. The van der Waals surface area contributed by atoms with Crippen molar-refractivity contribution in [3.63, 3.8) is 0 Å². The fourth-order valence-electron chi connectivity index (χ4n) is 2.88. The van der Waals surface area contributed by atoms with Gasteiger partial charge in [-0.1, -0.05) is 0 Å². The summed E-state index contributed by atoms with van der Waals surface area (Å²) >= 11 is 0. The number of nitrogens with zero attached hydrogens (tertiary/aromatic N) is 6. The molecule has 21 heavy (non-hydrogen) atoms. The van der Waals surface area contributed by atoms with Gasteiger partial charge in [0.05, 0.1) is 42.7 Å². The van der Waals surface area contributed by atoms with Crippen molar-refractivity contribution < 1.29 is 0 Å². The molecule has 0 bridgehead atoms.